The highest BCUT2D eigenvalue weighted by Gasteiger charge is 2.18. The standard InChI is InChI=1S/C40H24N2S/c1-2-11-27(12-3-1)41-34-17-7-4-13-28(34)32-21-26-24-38-33(22-25(26)23-37(32)41)29-14-5-8-18-35(29)42(38)36-19-10-16-31-30-15-6-9-20-39(30)43-40(31)36/h1-24H. The molecule has 0 aliphatic carbocycles. The zero-order chi connectivity index (χ0) is 28.1. The van der Waals surface area contributed by atoms with Gasteiger partial charge in [-0.15, -0.1) is 11.3 Å². The first-order valence-electron chi connectivity index (χ1n) is 14.7. The quantitative estimate of drug-likeness (QED) is 0.198. The number of para-hydroxylation sites is 3. The van der Waals surface area contributed by atoms with E-state index in [-0.39, 0.29) is 0 Å². The number of rotatable bonds is 2. The van der Waals surface area contributed by atoms with Gasteiger partial charge < -0.3 is 9.13 Å². The first-order chi connectivity index (χ1) is 21.3. The minimum atomic E-state index is 1.18. The van der Waals surface area contributed by atoms with Crippen LogP contribution >= 0.6 is 11.3 Å². The highest BCUT2D eigenvalue weighted by molar-refractivity contribution is 7.26. The minimum absolute atomic E-state index is 1.18. The third-order valence-corrected chi connectivity index (χ3v) is 10.3. The maximum absolute atomic E-state index is 2.49. The molecule has 10 rings (SSSR count). The van der Waals surface area contributed by atoms with E-state index in [1.807, 2.05) is 11.3 Å². The van der Waals surface area contributed by atoms with E-state index in [4.69, 9.17) is 0 Å². The van der Waals surface area contributed by atoms with Crippen molar-refractivity contribution in [1.82, 2.24) is 9.13 Å². The smallest absolute Gasteiger partial charge is 0.0640 e. The molecule has 0 unspecified atom stereocenters. The Kier molecular flexibility index (Phi) is 4.63. The zero-order valence-electron chi connectivity index (χ0n) is 23.2. The molecule has 3 heteroatoms. The maximum Gasteiger partial charge on any atom is 0.0640 e. The number of aromatic nitrogens is 2. The molecule has 3 aromatic heterocycles. The Morgan fingerprint density at radius 1 is 0.372 bits per heavy atom. The van der Waals surface area contributed by atoms with E-state index in [1.54, 1.807) is 0 Å². The van der Waals surface area contributed by atoms with E-state index in [9.17, 15) is 0 Å². The van der Waals surface area contributed by atoms with Gasteiger partial charge in [-0.25, -0.2) is 0 Å². The van der Waals surface area contributed by atoms with Crippen LogP contribution in [-0.4, -0.2) is 9.13 Å². The van der Waals surface area contributed by atoms with Crippen molar-refractivity contribution in [3.63, 3.8) is 0 Å². The molecule has 0 radical (unpaired) electrons. The van der Waals surface area contributed by atoms with Crippen molar-refractivity contribution in [2.24, 2.45) is 0 Å². The highest BCUT2D eigenvalue weighted by Crippen LogP contribution is 2.42. The van der Waals surface area contributed by atoms with Crippen LogP contribution in [0.1, 0.15) is 0 Å². The third kappa shape index (κ3) is 3.17. The largest absolute Gasteiger partial charge is 0.309 e. The average molecular weight is 565 g/mol. The Hall–Kier alpha value is -5.38. The Morgan fingerprint density at radius 3 is 1.65 bits per heavy atom. The van der Waals surface area contributed by atoms with Crippen molar-refractivity contribution in [1.29, 1.82) is 0 Å². The minimum Gasteiger partial charge on any atom is -0.309 e. The lowest BCUT2D eigenvalue weighted by molar-refractivity contribution is 1.18. The fourth-order valence-electron chi connectivity index (χ4n) is 7.20. The fraction of sp³-hybridized carbons (Fsp3) is 0. The first-order valence-corrected chi connectivity index (χ1v) is 15.5. The third-order valence-electron chi connectivity index (χ3n) is 9.06. The zero-order valence-corrected chi connectivity index (χ0v) is 24.0. The van der Waals surface area contributed by atoms with Gasteiger partial charge in [-0.05, 0) is 71.4 Å². The SMILES string of the molecule is c1ccc(-n2c3ccccc3c3cc4cc5c(cc4cc32)c2ccccc2n5-c2cccc3c2sc2ccccc23)cc1. The molecule has 2 nitrogen and oxygen atoms in total. The van der Waals surface area contributed by atoms with Gasteiger partial charge in [0.1, 0.15) is 0 Å². The molecule has 200 valence electrons. The van der Waals surface area contributed by atoms with E-state index in [0.29, 0.717) is 0 Å². The maximum atomic E-state index is 2.49. The van der Waals surface area contributed by atoms with Crippen LogP contribution in [0.25, 0.3) is 85.9 Å². The van der Waals surface area contributed by atoms with Crippen molar-refractivity contribution in [2.75, 3.05) is 0 Å². The van der Waals surface area contributed by atoms with Crippen LogP contribution in [0.3, 0.4) is 0 Å². The van der Waals surface area contributed by atoms with E-state index < -0.39 is 0 Å². The van der Waals surface area contributed by atoms with Gasteiger partial charge in [0.25, 0.3) is 0 Å². The summed E-state index contributed by atoms with van der Waals surface area (Å²) in [6.45, 7) is 0. The number of hydrogen-bond donors (Lipinski definition) is 0. The molecule has 0 spiro atoms. The highest BCUT2D eigenvalue weighted by atomic mass is 32.1. The molecule has 0 amide bonds. The Bertz CT molecular complexity index is 2720. The summed E-state index contributed by atoms with van der Waals surface area (Å²) in [5.41, 5.74) is 7.37. The van der Waals surface area contributed by atoms with Crippen molar-refractivity contribution < 1.29 is 0 Å². The summed E-state index contributed by atoms with van der Waals surface area (Å²) in [5, 5.41) is 10.3. The average Bonchev–Trinajstić information content (AvgIpc) is 3.70. The summed E-state index contributed by atoms with van der Waals surface area (Å²) < 4.78 is 7.54. The van der Waals surface area contributed by atoms with E-state index in [1.165, 1.54) is 85.9 Å². The molecule has 3 heterocycles. The molecule has 10 aromatic rings. The lowest BCUT2D eigenvalue weighted by Gasteiger charge is -2.11. The molecule has 0 aliphatic heterocycles. The number of nitrogens with zero attached hydrogens (tertiary/aromatic N) is 2. The monoisotopic (exact) mass is 564 g/mol. The summed E-state index contributed by atoms with van der Waals surface area (Å²) in [6.07, 6.45) is 0. The van der Waals surface area contributed by atoms with Crippen LogP contribution in [0.4, 0.5) is 0 Å². The second-order valence-electron chi connectivity index (χ2n) is 11.4. The molecular weight excluding hydrogens is 541 g/mol. The predicted molar refractivity (Wildman–Crippen MR) is 186 cm³/mol. The van der Waals surface area contributed by atoms with Crippen LogP contribution in [0.2, 0.25) is 0 Å². The molecule has 0 saturated carbocycles. The van der Waals surface area contributed by atoms with Crippen molar-refractivity contribution in [2.45, 2.75) is 0 Å². The van der Waals surface area contributed by atoms with E-state index >= 15 is 0 Å². The van der Waals surface area contributed by atoms with Crippen LogP contribution in [-0.2, 0) is 0 Å². The summed E-state index contributed by atoms with van der Waals surface area (Å²) in [4.78, 5) is 0. The van der Waals surface area contributed by atoms with Crippen LogP contribution < -0.4 is 0 Å². The Labute approximate surface area is 251 Å². The van der Waals surface area contributed by atoms with Crippen molar-refractivity contribution in [3.8, 4) is 11.4 Å². The molecule has 0 aliphatic rings. The Balaban J connectivity index is 1.34. The van der Waals surface area contributed by atoms with Gasteiger partial charge in [-0.3, -0.25) is 0 Å². The van der Waals surface area contributed by atoms with Gasteiger partial charge >= 0.3 is 0 Å². The second-order valence-corrected chi connectivity index (χ2v) is 12.4. The summed E-state index contributed by atoms with van der Waals surface area (Å²) in [5.74, 6) is 0. The predicted octanol–water partition coefficient (Wildman–Crippen LogP) is 11.4. The van der Waals surface area contributed by atoms with Gasteiger partial charge in [-0.1, -0.05) is 84.9 Å². The second kappa shape index (κ2) is 8.57. The molecule has 0 saturated heterocycles. The molecule has 0 N–H and O–H groups in total. The molecule has 0 atom stereocenters. The van der Waals surface area contributed by atoms with Crippen molar-refractivity contribution in [3.05, 3.63) is 146 Å². The fourth-order valence-corrected chi connectivity index (χ4v) is 8.41. The van der Waals surface area contributed by atoms with Gasteiger partial charge in [-0.2, -0.15) is 0 Å². The van der Waals surface area contributed by atoms with E-state index in [0.717, 1.165) is 0 Å². The topological polar surface area (TPSA) is 9.86 Å². The molecule has 7 aromatic carbocycles. The van der Waals surface area contributed by atoms with Gasteiger partial charge in [0.05, 0.1) is 32.5 Å². The van der Waals surface area contributed by atoms with Crippen LogP contribution in [0, 0.1) is 0 Å². The number of thiophene rings is 1. The van der Waals surface area contributed by atoms with Crippen LogP contribution in [0.5, 0.6) is 0 Å². The van der Waals surface area contributed by atoms with Gasteiger partial charge in [0, 0.05) is 42.7 Å². The summed E-state index contributed by atoms with van der Waals surface area (Å²) >= 11 is 1.89. The van der Waals surface area contributed by atoms with Gasteiger partial charge in [0.15, 0.2) is 0 Å². The normalized spacial score (nSPS) is 12.2. The van der Waals surface area contributed by atoms with E-state index in [2.05, 4.69) is 155 Å². The molecule has 43 heavy (non-hydrogen) atoms. The lowest BCUT2D eigenvalue weighted by atomic mass is 10.0. The van der Waals surface area contributed by atoms with Crippen LogP contribution in [0.15, 0.2) is 146 Å². The molecule has 0 fully saturated rings. The lowest BCUT2D eigenvalue weighted by Crippen LogP contribution is -1.94. The Morgan fingerprint density at radius 2 is 0.930 bits per heavy atom. The van der Waals surface area contributed by atoms with Gasteiger partial charge in [0.2, 0.25) is 0 Å². The first kappa shape index (κ1) is 23.2. The molecular formula is C40H24N2S. The summed E-state index contributed by atoms with van der Waals surface area (Å²) in [6, 6.07) is 53.4. The molecule has 0 bridgehead atoms. The number of fused-ring (bicyclic) bond motifs is 10. The summed E-state index contributed by atoms with van der Waals surface area (Å²) in [7, 11) is 0. The number of hydrogen-bond acceptors (Lipinski definition) is 1. The van der Waals surface area contributed by atoms with Crippen molar-refractivity contribution >= 4 is 85.9 Å². The number of benzene rings is 7.